The van der Waals surface area contributed by atoms with Crippen molar-refractivity contribution >= 4 is 39.0 Å². The number of halogens is 15. The summed E-state index contributed by atoms with van der Waals surface area (Å²) in [6.07, 6.45) is -5.83. The minimum Gasteiger partial charge on any atom is -0.385 e. The van der Waals surface area contributed by atoms with Gasteiger partial charge in [-0.1, -0.05) is 24.3 Å². The third-order valence-electron chi connectivity index (χ3n) is 8.96. The van der Waals surface area contributed by atoms with Gasteiger partial charge >= 0.3 is 0 Å². The number of aromatic nitrogens is 1. The van der Waals surface area contributed by atoms with Crippen molar-refractivity contribution in [2.75, 3.05) is 19.6 Å². The van der Waals surface area contributed by atoms with Gasteiger partial charge in [-0.05, 0) is 32.2 Å². The monoisotopic (exact) mass is 744 g/mol. The molecule has 0 saturated heterocycles. The molecule has 0 aliphatic rings. The lowest BCUT2D eigenvalue weighted by Crippen LogP contribution is -3.11. The SMILES string of the molecule is CC[NH+](CC)CC.Cn1c([B-](c2c(F)c(F)c(F)c(F)c2F)(c2c(F)c(F)c(F)c(F)c2F)c2c(F)c(F)c(F)c(F)c2F)cc2ccccc21. The summed E-state index contributed by atoms with van der Waals surface area (Å²) in [4.78, 5) is 1.68. The van der Waals surface area contributed by atoms with Gasteiger partial charge in [0.15, 0.2) is 52.4 Å². The van der Waals surface area contributed by atoms with Gasteiger partial charge in [-0.15, -0.1) is 22.0 Å². The van der Waals surface area contributed by atoms with Crippen molar-refractivity contribution in [2.45, 2.75) is 20.8 Å². The summed E-state index contributed by atoms with van der Waals surface area (Å²) in [7, 11) is 0.790. The number of nitrogens with one attached hydrogen (secondary N) is 1. The number of aryl methyl sites for hydroxylation is 1. The second-order valence-electron chi connectivity index (χ2n) is 11.3. The van der Waals surface area contributed by atoms with Crippen LogP contribution in [-0.4, -0.2) is 30.3 Å². The summed E-state index contributed by atoms with van der Waals surface area (Å²) in [6, 6.07) is 5.19. The standard InChI is InChI=1S/C27H8BF15N.C6H15N/c1-44-8-5-3-2-4-7(8)6-9(44)28(10-13(29)19(35)25(41)20(36)14(10)30,11-15(31)21(37)26(42)22(38)16(11)32)12-17(33)23(39)27(43)24(40)18(12)34;1-4-7(5-2)6-3/h2-6H,1H3;4-6H2,1-3H3/q-1;/p+1. The second-order valence-corrected chi connectivity index (χ2v) is 11.3. The molecule has 1 aromatic heterocycles. The molecule has 274 valence electrons. The molecule has 0 aliphatic carbocycles. The van der Waals surface area contributed by atoms with E-state index in [0.717, 1.165) is 19.2 Å². The van der Waals surface area contributed by atoms with E-state index in [2.05, 4.69) is 20.8 Å². The quantitative estimate of drug-likeness (QED) is 0.0968. The van der Waals surface area contributed by atoms with Gasteiger partial charge in [0, 0.05) is 12.6 Å². The first-order chi connectivity index (χ1) is 23.9. The highest BCUT2D eigenvalue weighted by Crippen LogP contribution is 2.29. The molecule has 0 radical (unpaired) electrons. The molecule has 0 aliphatic heterocycles. The fourth-order valence-corrected chi connectivity index (χ4v) is 6.36. The van der Waals surface area contributed by atoms with Gasteiger partial charge in [0.1, 0.15) is 41.0 Å². The van der Waals surface area contributed by atoms with E-state index < -0.39 is 115 Å². The fourth-order valence-electron chi connectivity index (χ4n) is 6.36. The first-order valence-electron chi connectivity index (χ1n) is 15.0. The van der Waals surface area contributed by atoms with Crippen molar-refractivity contribution in [3.63, 3.8) is 0 Å². The van der Waals surface area contributed by atoms with Gasteiger partial charge in [-0.3, -0.25) is 0 Å². The number of benzene rings is 4. The maximum Gasteiger partial charge on any atom is 0.200 e. The highest BCUT2D eigenvalue weighted by Gasteiger charge is 2.50. The van der Waals surface area contributed by atoms with E-state index in [0.29, 0.717) is 10.6 Å². The zero-order chi connectivity index (χ0) is 38.4. The average Bonchev–Trinajstić information content (AvgIpc) is 3.46. The number of fused-ring (bicyclic) bond motifs is 1. The lowest BCUT2D eigenvalue weighted by Gasteiger charge is -2.44. The molecule has 1 N–H and O–H groups in total. The maximum absolute atomic E-state index is 15.7. The molecule has 2 nitrogen and oxygen atoms in total. The average molecular weight is 744 g/mol. The summed E-state index contributed by atoms with van der Waals surface area (Å²) in [5.41, 5.74) is -9.68. The van der Waals surface area contributed by atoms with Crippen molar-refractivity contribution in [1.82, 2.24) is 4.57 Å². The molecule has 4 aromatic carbocycles. The lowest BCUT2D eigenvalue weighted by atomic mass is 9.13. The van der Waals surface area contributed by atoms with E-state index in [1.807, 2.05) is 0 Å². The number of hydrogen-bond donors (Lipinski definition) is 1. The number of nitrogens with zero attached hydrogens (tertiary/aromatic N) is 1. The fraction of sp³-hybridized carbons (Fsp3) is 0.212. The predicted molar refractivity (Wildman–Crippen MR) is 158 cm³/mol. The number of hydrogen-bond acceptors (Lipinski definition) is 0. The molecule has 0 saturated carbocycles. The molecular formula is C33H24BF15N2. The van der Waals surface area contributed by atoms with Crippen LogP contribution in [0.4, 0.5) is 65.9 Å². The highest BCUT2D eigenvalue weighted by atomic mass is 19.2. The molecule has 5 aromatic rings. The summed E-state index contributed by atoms with van der Waals surface area (Å²) < 4.78 is 225. The zero-order valence-electron chi connectivity index (χ0n) is 26.7. The zero-order valence-corrected chi connectivity index (χ0v) is 26.7. The summed E-state index contributed by atoms with van der Waals surface area (Å²) >= 11 is 0. The summed E-state index contributed by atoms with van der Waals surface area (Å²) in [5, 5.41) is -0.215. The van der Waals surface area contributed by atoms with Crippen LogP contribution in [0, 0.1) is 87.3 Å². The van der Waals surface area contributed by atoms with Crippen LogP contribution in [0.25, 0.3) is 10.9 Å². The Labute approximate surface area is 279 Å². The Kier molecular flexibility index (Phi) is 11.2. The predicted octanol–water partition coefficient (Wildman–Crippen LogP) is 5.57. The minimum atomic E-state index is -5.83. The van der Waals surface area contributed by atoms with Crippen LogP contribution in [0.5, 0.6) is 0 Å². The van der Waals surface area contributed by atoms with Gasteiger partial charge < -0.3 is 9.47 Å². The molecule has 18 heteroatoms. The van der Waals surface area contributed by atoms with Crippen LogP contribution in [0.2, 0.25) is 0 Å². The summed E-state index contributed by atoms with van der Waals surface area (Å²) in [5.74, 6) is -45.6. The lowest BCUT2D eigenvalue weighted by molar-refractivity contribution is -0.894. The molecule has 0 fully saturated rings. The Balaban J connectivity index is 0.000000755. The Hall–Kier alpha value is -4.61. The van der Waals surface area contributed by atoms with Crippen molar-refractivity contribution in [2.24, 2.45) is 7.05 Å². The van der Waals surface area contributed by atoms with Gasteiger partial charge in [-0.2, -0.15) is 0 Å². The second kappa shape index (κ2) is 14.6. The molecule has 0 unspecified atom stereocenters. The smallest absolute Gasteiger partial charge is 0.200 e. The van der Waals surface area contributed by atoms with Crippen molar-refractivity contribution in [3.05, 3.63) is 118 Å². The Morgan fingerprint density at radius 2 is 0.725 bits per heavy atom. The van der Waals surface area contributed by atoms with Gasteiger partial charge in [0.05, 0.1) is 19.6 Å². The van der Waals surface area contributed by atoms with E-state index in [9.17, 15) is 39.5 Å². The van der Waals surface area contributed by atoms with Crippen molar-refractivity contribution in [3.8, 4) is 0 Å². The van der Waals surface area contributed by atoms with E-state index in [1.165, 1.54) is 31.8 Å². The van der Waals surface area contributed by atoms with Crippen LogP contribution >= 0.6 is 0 Å². The van der Waals surface area contributed by atoms with Crippen LogP contribution in [0.1, 0.15) is 20.8 Å². The van der Waals surface area contributed by atoms with E-state index in [1.54, 1.807) is 4.90 Å². The van der Waals surface area contributed by atoms with Crippen molar-refractivity contribution in [1.29, 1.82) is 0 Å². The Morgan fingerprint density at radius 1 is 0.451 bits per heavy atom. The van der Waals surface area contributed by atoms with E-state index in [4.69, 9.17) is 0 Å². The maximum atomic E-state index is 15.7. The molecule has 51 heavy (non-hydrogen) atoms. The molecule has 5 rings (SSSR count). The van der Waals surface area contributed by atoms with Gasteiger partial charge in [-0.25, -0.2) is 65.9 Å². The Bertz CT molecular complexity index is 1900. The third-order valence-corrected chi connectivity index (χ3v) is 8.96. The highest BCUT2D eigenvalue weighted by molar-refractivity contribution is 7.20. The molecule has 0 amide bonds. The first kappa shape index (κ1) is 39.2. The molecule has 0 bridgehead atoms. The Morgan fingerprint density at radius 3 is 0.980 bits per heavy atom. The number of rotatable bonds is 7. The van der Waals surface area contributed by atoms with Crippen molar-refractivity contribution < 1.29 is 70.8 Å². The number of quaternary nitrogens is 1. The van der Waals surface area contributed by atoms with Crippen LogP contribution in [-0.2, 0) is 7.05 Å². The molecule has 0 atom stereocenters. The van der Waals surface area contributed by atoms with Crippen LogP contribution in [0.15, 0.2) is 30.3 Å². The largest absolute Gasteiger partial charge is 0.385 e. The molecular weight excluding hydrogens is 720 g/mol. The van der Waals surface area contributed by atoms with Gasteiger partial charge in [0.2, 0.25) is 0 Å². The van der Waals surface area contributed by atoms with Gasteiger partial charge in [0.25, 0.3) is 0 Å². The minimum absolute atomic E-state index is 0.215. The van der Waals surface area contributed by atoms with Crippen LogP contribution in [0.3, 0.4) is 0 Å². The van der Waals surface area contributed by atoms with E-state index in [-0.39, 0.29) is 10.9 Å². The summed E-state index contributed by atoms with van der Waals surface area (Å²) in [6.45, 7) is 10.5. The third kappa shape index (κ3) is 5.90. The normalized spacial score (nSPS) is 11.8. The van der Waals surface area contributed by atoms with Crippen LogP contribution < -0.4 is 26.9 Å². The number of para-hydroxylation sites is 1. The molecule has 0 spiro atoms. The topological polar surface area (TPSA) is 9.37 Å². The molecule has 1 heterocycles. The van der Waals surface area contributed by atoms with E-state index >= 15 is 26.3 Å². The first-order valence-corrected chi connectivity index (χ1v) is 15.0.